The Balaban J connectivity index is 1.36. The Morgan fingerprint density at radius 1 is 1.21 bits per heavy atom. The van der Waals surface area contributed by atoms with Gasteiger partial charge in [-0.1, -0.05) is 6.07 Å². The molecule has 1 amide bonds. The maximum atomic E-state index is 13.4. The molecule has 0 bridgehead atoms. The zero-order valence-corrected chi connectivity index (χ0v) is 18.7. The van der Waals surface area contributed by atoms with Crippen LogP contribution in [0, 0.1) is 15.9 Å². The Labute approximate surface area is 191 Å². The van der Waals surface area contributed by atoms with Crippen LogP contribution in [0.5, 0.6) is 5.75 Å². The molecule has 174 valence electrons. The van der Waals surface area contributed by atoms with E-state index >= 15 is 0 Å². The molecule has 1 aliphatic heterocycles. The number of sulfonamides is 1. The average Bonchev–Trinajstić information content (AvgIpc) is 3.50. The van der Waals surface area contributed by atoms with Crippen molar-refractivity contribution in [2.45, 2.75) is 10.9 Å². The van der Waals surface area contributed by atoms with E-state index in [4.69, 9.17) is 4.74 Å². The summed E-state index contributed by atoms with van der Waals surface area (Å²) in [5.41, 5.74) is -0.280. The van der Waals surface area contributed by atoms with E-state index in [2.05, 4.69) is 5.10 Å². The summed E-state index contributed by atoms with van der Waals surface area (Å²) in [6.45, 7) is 0.479. The number of amides is 1. The molecule has 0 atom stereocenters. The molecule has 1 aliphatic rings. The van der Waals surface area contributed by atoms with Crippen molar-refractivity contribution in [1.82, 2.24) is 19.0 Å². The number of rotatable bonds is 7. The standard InChI is InChI=1S/C19H18FN5O6S2/c20-14-3-4-16(25(27)28)17(12-14)31-13-23-6-5-15(21-23)19(26)22-7-9-24(10-8-22)33(29,30)18-2-1-11-32-18/h1-6,11-12H,7-10,13H2. The number of carbonyl (C=O) groups is 1. The summed E-state index contributed by atoms with van der Waals surface area (Å²) in [6, 6.07) is 7.54. The highest BCUT2D eigenvalue weighted by atomic mass is 32.2. The number of hydrogen-bond acceptors (Lipinski definition) is 8. The number of piperazine rings is 1. The zero-order chi connectivity index (χ0) is 23.6. The summed E-state index contributed by atoms with van der Waals surface area (Å²) in [7, 11) is -3.57. The van der Waals surface area contributed by atoms with E-state index in [9.17, 15) is 27.7 Å². The zero-order valence-electron chi connectivity index (χ0n) is 17.0. The molecule has 3 aromatic rings. The van der Waals surface area contributed by atoms with Gasteiger partial charge in [-0.2, -0.15) is 9.40 Å². The summed E-state index contributed by atoms with van der Waals surface area (Å²) in [5, 5.41) is 16.9. The van der Waals surface area contributed by atoms with Gasteiger partial charge in [-0.3, -0.25) is 14.9 Å². The summed E-state index contributed by atoms with van der Waals surface area (Å²) >= 11 is 1.14. The summed E-state index contributed by atoms with van der Waals surface area (Å²) < 4.78 is 46.8. The third-order valence-electron chi connectivity index (χ3n) is 4.95. The summed E-state index contributed by atoms with van der Waals surface area (Å²) in [5.74, 6) is -1.32. The minimum atomic E-state index is -3.57. The summed E-state index contributed by atoms with van der Waals surface area (Å²) in [6.07, 6.45) is 1.45. The third kappa shape index (κ3) is 4.86. The highest BCUT2D eigenvalue weighted by Crippen LogP contribution is 2.27. The number of carbonyl (C=O) groups excluding carboxylic acids is 1. The van der Waals surface area contributed by atoms with Gasteiger partial charge in [0.2, 0.25) is 5.75 Å². The van der Waals surface area contributed by atoms with Gasteiger partial charge in [0.15, 0.2) is 12.4 Å². The van der Waals surface area contributed by atoms with Crippen molar-refractivity contribution in [3.05, 3.63) is 69.6 Å². The molecule has 1 aromatic carbocycles. The van der Waals surface area contributed by atoms with E-state index in [0.717, 1.165) is 29.5 Å². The lowest BCUT2D eigenvalue weighted by Crippen LogP contribution is -2.50. The number of nitro benzene ring substituents is 1. The lowest BCUT2D eigenvalue weighted by atomic mass is 10.3. The fourth-order valence-corrected chi connectivity index (χ4v) is 5.84. The molecule has 3 heterocycles. The van der Waals surface area contributed by atoms with Crippen molar-refractivity contribution in [3.8, 4) is 5.75 Å². The van der Waals surface area contributed by atoms with Crippen molar-refractivity contribution >= 4 is 33.0 Å². The van der Waals surface area contributed by atoms with Crippen LogP contribution >= 0.6 is 11.3 Å². The Morgan fingerprint density at radius 2 is 1.97 bits per heavy atom. The smallest absolute Gasteiger partial charge is 0.311 e. The highest BCUT2D eigenvalue weighted by molar-refractivity contribution is 7.91. The first kappa shape index (κ1) is 22.8. The molecule has 0 saturated carbocycles. The van der Waals surface area contributed by atoms with Crippen molar-refractivity contribution in [2.24, 2.45) is 0 Å². The molecule has 2 aromatic heterocycles. The SMILES string of the molecule is O=C(c1ccn(COc2cc(F)ccc2[N+](=O)[O-])n1)N1CCN(S(=O)(=O)c2cccs2)CC1. The molecule has 0 aliphatic carbocycles. The van der Waals surface area contributed by atoms with Crippen LogP contribution in [0.15, 0.2) is 52.2 Å². The first-order chi connectivity index (χ1) is 15.8. The van der Waals surface area contributed by atoms with E-state index < -0.39 is 26.5 Å². The minimum absolute atomic E-state index is 0.113. The number of ether oxygens (including phenoxy) is 1. The quantitative estimate of drug-likeness (QED) is 0.363. The van der Waals surface area contributed by atoms with Gasteiger partial charge in [0.25, 0.3) is 15.9 Å². The van der Waals surface area contributed by atoms with Gasteiger partial charge in [0.05, 0.1) is 4.92 Å². The topological polar surface area (TPSA) is 128 Å². The lowest BCUT2D eigenvalue weighted by Gasteiger charge is -2.33. The number of benzene rings is 1. The Bertz CT molecular complexity index is 1270. The van der Waals surface area contributed by atoms with Gasteiger partial charge in [-0.05, 0) is 23.6 Å². The van der Waals surface area contributed by atoms with Gasteiger partial charge in [0, 0.05) is 44.5 Å². The van der Waals surface area contributed by atoms with Crippen LogP contribution in [0.1, 0.15) is 10.5 Å². The molecule has 0 spiro atoms. The molecule has 4 rings (SSSR count). The van der Waals surface area contributed by atoms with Gasteiger partial charge >= 0.3 is 5.69 Å². The molecule has 0 unspecified atom stereocenters. The number of nitro groups is 1. The first-order valence-corrected chi connectivity index (χ1v) is 12.0. The predicted octanol–water partition coefficient (Wildman–Crippen LogP) is 2.18. The molecule has 14 heteroatoms. The Morgan fingerprint density at radius 3 is 2.64 bits per heavy atom. The Hall–Kier alpha value is -3.36. The van der Waals surface area contributed by atoms with E-state index in [0.29, 0.717) is 0 Å². The lowest BCUT2D eigenvalue weighted by molar-refractivity contribution is -0.386. The largest absolute Gasteiger partial charge is 0.464 e. The minimum Gasteiger partial charge on any atom is -0.464 e. The third-order valence-corrected chi connectivity index (χ3v) is 8.22. The average molecular weight is 496 g/mol. The van der Waals surface area contributed by atoms with E-state index in [-0.39, 0.29) is 54.5 Å². The van der Waals surface area contributed by atoms with Crippen molar-refractivity contribution in [2.75, 3.05) is 26.2 Å². The monoisotopic (exact) mass is 495 g/mol. The number of halogens is 1. The molecular formula is C19H18FN5O6S2. The summed E-state index contributed by atoms with van der Waals surface area (Å²) in [4.78, 5) is 24.6. The van der Waals surface area contributed by atoms with Gasteiger partial charge < -0.3 is 9.64 Å². The van der Waals surface area contributed by atoms with Crippen LogP contribution in [0.2, 0.25) is 0 Å². The van der Waals surface area contributed by atoms with Crippen LogP contribution in [0.25, 0.3) is 0 Å². The van der Waals surface area contributed by atoms with Crippen molar-refractivity contribution in [1.29, 1.82) is 0 Å². The van der Waals surface area contributed by atoms with Gasteiger partial charge in [-0.15, -0.1) is 11.3 Å². The molecular weight excluding hydrogens is 477 g/mol. The first-order valence-electron chi connectivity index (χ1n) is 9.69. The second-order valence-electron chi connectivity index (χ2n) is 7.01. The predicted molar refractivity (Wildman–Crippen MR) is 115 cm³/mol. The maximum Gasteiger partial charge on any atom is 0.311 e. The van der Waals surface area contributed by atoms with Crippen LogP contribution in [-0.2, 0) is 16.8 Å². The second-order valence-corrected chi connectivity index (χ2v) is 10.1. The number of hydrogen-bond donors (Lipinski definition) is 0. The van der Waals surface area contributed by atoms with Crippen molar-refractivity contribution in [3.63, 3.8) is 0 Å². The van der Waals surface area contributed by atoms with E-state index in [1.165, 1.54) is 26.2 Å². The molecule has 11 nitrogen and oxygen atoms in total. The van der Waals surface area contributed by atoms with Crippen LogP contribution < -0.4 is 4.74 Å². The number of aromatic nitrogens is 2. The van der Waals surface area contributed by atoms with Crippen LogP contribution in [-0.4, -0.2) is 64.4 Å². The number of nitrogens with zero attached hydrogens (tertiary/aromatic N) is 5. The van der Waals surface area contributed by atoms with Gasteiger partial charge in [-0.25, -0.2) is 17.5 Å². The van der Waals surface area contributed by atoms with E-state index in [1.54, 1.807) is 17.5 Å². The molecule has 1 fully saturated rings. The fourth-order valence-electron chi connectivity index (χ4n) is 3.27. The second kappa shape index (κ2) is 9.25. The Kier molecular flexibility index (Phi) is 6.40. The maximum absolute atomic E-state index is 13.4. The molecule has 33 heavy (non-hydrogen) atoms. The highest BCUT2D eigenvalue weighted by Gasteiger charge is 2.31. The fraction of sp³-hybridized carbons (Fsp3) is 0.263. The molecule has 1 saturated heterocycles. The van der Waals surface area contributed by atoms with Crippen LogP contribution in [0.3, 0.4) is 0 Å². The number of thiophene rings is 1. The molecule has 0 radical (unpaired) electrons. The van der Waals surface area contributed by atoms with E-state index in [1.807, 2.05) is 0 Å². The van der Waals surface area contributed by atoms with Crippen molar-refractivity contribution < 1.29 is 27.3 Å². The molecule has 0 N–H and O–H groups in total. The van der Waals surface area contributed by atoms with Crippen LogP contribution in [0.4, 0.5) is 10.1 Å². The van der Waals surface area contributed by atoms with Gasteiger partial charge in [0.1, 0.15) is 10.0 Å². The normalized spacial score (nSPS) is 14.9.